The average Bonchev–Trinajstić information content (AvgIpc) is 3.32. The summed E-state index contributed by atoms with van der Waals surface area (Å²) in [5.74, 6) is -1.53. The smallest absolute Gasteiger partial charge is 0.306 e. The number of likely N-dealkylation sites (N-methyl/N-ethyl adjacent to an activating group) is 1. The highest BCUT2D eigenvalue weighted by molar-refractivity contribution is 7.12. The third-order valence-electron chi connectivity index (χ3n) is 4.64. The second kappa shape index (κ2) is 7.74. The van der Waals surface area contributed by atoms with E-state index in [1.807, 2.05) is 40.5 Å². The number of aromatic nitrogens is 1. The van der Waals surface area contributed by atoms with Crippen LogP contribution in [-0.2, 0) is 9.59 Å². The van der Waals surface area contributed by atoms with Gasteiger partial charge in [0.2, 0.25) is 5.91 Å². The molecule has 0 aromatic carbocycles. The molecule has 3 rings (SSSR count). The lowest BCUT2D eigenvalue weighted by atomic mass is 9.97. The predicted octanol–water partition coefficient (Wildman–Crippen LogP) is 1.93. The van der Waals surface area contributed by atoms with Crippen molar-refractivity contribution in [3.63, 3.8) is 0 Å². The molecule has 0 bridgehead atoms. The van der Waals surface area contributed by atoms with Gasteiger partial charge in [-0.1, -0.05) is 0 Å². The first-order chi connectivity index (χ1) is 12.5. The van der Waals surface area contributed by atoms with Gasteiger partial charge in [-0.05, 0) is 36.4 Å². The summed E-state index contributed by atoms with van der Waals surface area (Å²) in [5, 5.41) is 10.9. The van der Waals surface area contributed by atoms with E-state index in [-0.39, 0.29) is 24.3 Å². The molecule has 0 saturated carbocycles. The van der Waals surface area contributed by atoms with Crippen molar-refractivity contribution < 1.29 is 19.5 Å². The largest absolute Gasteiger partial charge is 0.481 e. The number of piperidine rings is 1. The standard InChI is InChI=1S/C18H21N3O4S/c1-19(12-15(22)21-9-4-13(5-10-21)18(24)25)17(23)16-14(6-11-26-16)20-7-2-3-8-20/h2-3,6-8,11,13H,4-5,9-10,12H2,1H3,(H,24,25). The van der Waals surface area contributed by atoms with E-state index in [0.717, 1.165) is 5.69 Å². The summed E-state index contributed by atoms with van der Waals surface area (Å²) in [6, 6.07) is 5.66. The molecule has 2 aromatic rings. The van der Waals surface area contributed by atoms with Gasteiger partial charge in [0.05, 0.1) is 18.2 Å². The number of carboxylic acids is 1. The topological polar surface area (TPSA) is 82.9 Å². The molecule has 2 amide bonds. The van der Waals surface area contributed by atoms with Gasteiger partial charge in [-0.3, -0.25) is 14.4 Å². The number of hydrogen-bond acceptors (Lipinski definition) is 4. The number of carbonyl (C=O) groups is 3. The fraction of sp³-hybridized carbons (Fsp3) is 0.389. The van der Waals surface area contributed by atoms with Crippen LogP contribution >= 0.6 is 11.3 Å². The summed E-state index contributed by atoms with van der Waals surface area (Å²) in [6.07, 6.45) is 4.66. The highest BCUT2D eigenvalue weighted by Gasteiger charge is 2.28. The summed E-state index contributed by atoms with van der Waals surface area (Å²) in [5.41, 5.74) is 0.798. The molecule has 0 atom stereocenters. The number of nitrogens with zero attached hydrogens (tertiary/aromatic N) is 3. The van der Waals surface area contributed by atoms with Gasteiger partial charge in [-0.25, -0.2) is 0 Å². The summed E-state index contributed by atoms with van der Waals surface area (Å²) in [4.78, 5) is 39.9. The molecule has 1 saturated heterocycles. The number of amides is 2. The average molecular weight is 375 g/mol. The van der Waals surface area contributed by atoms with Crippen LogP contribution in [0.2, 0.25) is 0 Å². The molecule has 7 nitrogen and oxygen atoms in total. The number of aliphatic carboxylic acids is 1. The maximum atomic E-state index is 12.8. The van der Waals surface area contributed by atoms with E-state index in [2.05, 4.69) is 0 Å². The lowest BCUT2D eigenvalue weighted by Gasteiger charge is -2.31. The Morgan fingerprint density at radius 1 is 1.23 bits per heavy atom. The maximum absolute atomic E-state index is 12.8. The van der Waals surface area contributed by atoms with Crippen molar-refractivity contribution in [1.29, 1.82) is 0 Å². The molecule has 1 aliphatic rings. The van der Waals surface area contributed by atoms with Gasteiger partial charge in [0.15, 0.2) is 0 Å². The number of rotatable bonds is 5. The SMILES string of the molecule is CN(CC(=O)N1CCC(C(=O)O)CC1)C(=O)c1sccc1-n1cccc1. The van der Waals surface area contributed by atoms with Crippen molar-refractivity contribution >= 4 is 29.1 Å². The Morgan fingerprint density at radius 2 is 1.88 bits per heavy atom. The summed E-state index contributed by atoms with van der Waals surface area (Å²) in [7, 11) is 1.61. The van der Waals surface area contributed by atoms with Crippen LogP contribution in [0, 0.1) is 5.92 Å². The Bertz CT molecular complexity index is 791. The second-order valence-corrected chi connectivity index (χ2v) is 7.30. The van der Waals surface area contributed by atoms with Crippen LogP contribution in [0.1, 0.15) is 22.5 Å². The Balaban J connectivity index is 1.61. The lowest BCUT2D eigenvalue weighted by Crippen LogP contribution is -2.45. The van der Waals surface area contributed by atoms with Crippen LogP contribution in [0.4, 0.5) is 0 Å². The molecule has 26 heavy (non-hydrogen) atoms. The van der Waals surface area contributed by atoms with E-state index in [9.17, 15) is 14.4 Å². The Kier molecular flexibility index (Phi) is 5.41. The van der Waals surface area contributed by atoms with E-state index >= 15 is 0 Å². The third kappa shape index (κ3) is 3.80. The molecule has 1 fully saturated rings. The Hall–Kier alpha value is -2.61. The molecule has 0 aliphatic carbocycles. The predicted molar refractivity (Wildman–Crippen MR) is 97.5 cm³/mol. The van der Waals surface area contributed by atoms with Gasteiger partial charge in [0, 0.05) is 32.5 Å². The first-order valence-electron chi connectivity index (χ1n) is 8.44. The molecule has 1 aliphatic heterocycles. The first kappa shape index (κ1) is 18.2. The van der Waals surface area contributed by atoms with Crippen LogP contribution < -0.4 is 0 Å². The van der Waals surface area contributed by atoms with Gasteiger partial charge in [0.25, 0.3) is 5.91 Å². The number of thiophene rings is 1. The van der Waals surface area contributed by atoms with Crippen molar-refractivity contribution in [3.8, 4) is 5.69 Å². The summed E-state index contributed by atoms with van der Waals surface area (Å²) < 4.78 is 1.87. The minimum absolute atomic E-state index is 0.0143. The highest BCUT2D eigenvalue weighted by Crippen LogP contribution is 2.23. The normalized spacial score (nSPS) is 15.0. The minimum Gasteiger partial charge on any atom is -0.481 e. The molecule has 0 spiro atoms. The molecule has 3 heterocycles. The molecule has 138 valence electrons. The van der Waals surface area contributed by atoms with Crippen molar-refractivity contribution in [2.24, 2.45) is 5.92 Å². The van der Waals surface area contributed by atoms with Crippen LogP contribution in [0.25, 0.3) is 5.69 Å². The molecule has 0 unspecified atom stereocenters. The summed E-state index contributed by atoms with van der Waals surface area (Å²) >= 11 is 1.35. The Labute approximate surface area is 155 Å². The van der Waals surface area contributed by atoms with Gasteiger partial charge < -0.3 is 19.5 Å². The fourth-order valence-corrected chi connectivity index (χ4v) is 3.97. The van der Waals surface area contributed by atoms with E-state index in [1.165, 1.54) is 16.2 Å². The van der Waals surface area contributed by atoms with Gasteiger partial charge in [-0.15, -0.1) is 11.3 Å². The van der Waals surface area contributed by atoms with Crippen molar-refractivity contribution in [1.82, 2.24) is 14.4 Å². The number of carbonyl (C=O) groups excluding carboxylic acids is 2. The summed E-state index contributed by atoms with van der Waals surface area (Å²) in [6.45, 7) is 0.830. The van der Waals surface area contributed by atoms with E-state index in [1.54, 1.807) is 11.9 Å². The zero-order valence-electron chi connectivity index (χ0n) is 14.5. The molecule has 8 heteroatoms. The molecule has 1 N–H and O–H groups in total. The minimum atomic E-state index is -0.806. The van der Waals surface area contributed by atoms with Crippen molar-refractivity contribution in [2.45, 2.75) is 12.8 Å². The van der Waals surface area contributed by atoms with Crippen LogP contribution in [0.15, 0.2) is 36.0 Å². The molecule has 2 aromatic heterocycles. The van der Waals surface area contributed by atoms with Crippen molar-refractivity contribution in [2.75, 3.05) is 26.7 Å². The zero-order valence-corrected chi connectivity index (χ0v) is 15.3. The van der Waals surface area contributed by atoms with Crippen LogP contribution in [-0.4, -0.2) is 63.9 Å². The third-order valence-corrected chi connectivity index (χ3v) is 5.53. The maximum Gasteiger partial charge on any atom is 0.306 e. The number of likely N-dealkylation sites (tertiary alicyclic amines) is 1. The molecular formula is C18H21N3O4S. The quantitative estimate of drug-likeness (QED) is 0.866. The van der Waals surface area contributed by atoms with E-state index < -0.39 is 5.97 Å². The fourth-order valence-electron chi connectivity index (χ4n) is 3.08. The van der Waals surface area contributed by atoms with Gasteiger partial charge in [0.1, 0.15) is 4.88 Å². The van der Waals surface area contributed by atoms with Gasteiger partial charge >= 0.3 is 5.97 Å². The highest BCUT2D eigenvalue weighted by atomic mass is 32.1. The number of carboxylic acid groups (broad SMARTS) is 1. The molecular weight excluding hydrogens is 354 g/mol. The first-order valence-corrected chi connectivity index (χ1v) is 9.32. The second-order valence-electron chi connectivity index (χ2n) is 6.38. The van der Waals surface area contributed by atoms with Crippen LogP contribution in [0.3, 0.4) is 0 Å². The van der Waals surface area contributed by atoms with E-state index in [4.69, 9.17) is 5.11 Å². The van der Waals surface area contributed by atoms with Crippen molar-refractivity contribution in [3.05, 3.63) is 40.8 Å². The lowest BCUT2D eigenvalue weighted by molar-refractivity contribution is -0.145. The number of hydrogen-bond donors (Lipinski definition) is 1. The van der Waals surface area contributed by atoms with E-state index in [0.29, 0.717) is 30.8 Å². The molecule has 0 radical (unpaired) electrons. The van der Waals surface area contributed by atoms with Crippen LogP contribution in [0.5, 0.6) is 0 Å². The monoisotopic (exact) mass is 375 g/mol. The Morgan fingerprint density at radius 3 is 2.50 bits per heavy atom. The zero-order chi connectivity index (χ0) is 18.7. The van der Waals surface area contributed by atoms with Gasteiger partial charge in [-0.2, -0.15) is 0 Å².